The van der Waals surface area contributed by atoms with Gasteiger partial charge in [-0.05, 0) is 30.9 Å². The molecule has 1 saturated carbocycles. The SMILES string of the molecule is CCNC(=NCc1ccc(CS(C)(=O)=O)cc1)NC1CCCCC1.I. The van der Waals surface area contributed by atoms with Crippen LogP contribution in [0.1, 0.15) is 50.2 Å². The molecule has 1 aliphatic carbocycles. The zero-order valence-electron chi connectivity index (χ0n) is 15.1. The van der Waals surface area contributed by atoms with Gasteiger partial charge in [-0.3, -0.25) is 0 Å². The number of nitrogens with zero attached hydrogens (tertiary/aromatic N) is 1. The number of aliphatic imine (C=N–C) groups is 1. The van der Waals surface area contributed by atoms with Gasteiger partial charge in [-0.25, -0.2) is 13.4 Å². The van der Waals surface area contributed by atoms with Crippen molar-refractivity contribution < 1.29 is 8.42 Å². The summed E-state index contributed by atoms with van der Waals surface area (Å²) in [5, 5.41) is 6.83. The molecule has 0 saturated heterocycles. The predicted octanol–water partition coefficient (Wildman–Crippen LogP) is 3.24. The van der Waals surface area contributed by atoms with E-state index in [2.05, 4.69) is 22.5 Å². The second-order valence-electron chi connectivity index (χ2n) is 6.56. The van der Waals surface area contributed by atoms with Gasteiger partial charge in [0.1, 0.15) is 0 Å². The molecular formula is C18H30IN3O2S. The van der Waals surface area contributed by atoms with Crippen molar-refractivity contribution in [1.29, 1.82) is 0 Å². The van der Waals surface area contributed by atoms with Gasteiger partial charge in [-0.15, -0.1) is 24.0 Å². The highest BCUT2D eigenvalue weighted by Crippen LogP contribution is 2.17. The van der Waals surface area contributed by atoms with Crippen LogP contribution in [0.15, 0.2) is 29.3 Å². The van der Waals surface area contributed by atoms with Crippen molar-refractivity contribution in [2.75, 3.05) is 12.8 Å². The molecule has 7 heteroatoms. The highest BCUT2D eigenvalue weighted by molar-refractivity contribution is 14.0. The molecule has 0 atom stereocenters. The molecule has 0 spiro atoms. The first-order chi connectivity index (χ1) is 11.5. The minimum absolute atomic E-state index is 0. The van der Waals surface area contributed by atoms with E-state index >= 15 is 0 Å². The molecule has 1 aliphatic rings. The van der Waals surface area contributed by atoms with Gasteiger partial charge in [0.05, 0.1) is 12.3 Å². The van der Waals surface area contributed by atoms with Crippen molar-refractivity contribution in [2.45, 2.75) is 57.4 Å². The van der Waals surface area contributed by atoms with Gasteiger partial charge in [0.2, 0.25) is 0 Å². The quantitative estimate of drug-likeness (QED) is 0.374. The van der Waals surface area contributed by atoms with E-state index in [-0.39, 0.29) is 29.7 Å². The zero-order valence-corrected chi connectivity index (χ0v) is 18.3. The Morgan fingerprint density at radius 3 is 2.28 bits per heavy atom. The average molecular weight is 479 g/mol. The molecule has 0 aliphatic heterocycles. The van der Waals surface area contributed by atoms with Gasteiger partial charge < -0.3 is 10.6 Å². The van der Waals surface area contributed by atoms with Crippen LogP contribution in [0.4, 0.5) is 0 Å². The summed E-state index contributed by atoms with van der Waals surface area (Å²) >= 11 is 0. The van der Waals surface area contributed by atoms with Gasteiger partial charge >= 0.3 is 0 Å². The molecule has 0 heterocycles. The molecule has 0 amide bonds. The normalized spacial score (nSPS) is 16.2. The Morgan fingerprint density at radius 2 is 1.72 bits per heavy atom. The van der Waals surface area contributed by atoms with Crippen LogP contribution < -0.4 is 10.6 Å². The highest BCUT2D eigenvalue weighted by atomic mass is 127. The highest BCUT2D eigenvalue weighted by Gasteiger charge is 2.14. The van der Waals surface area contributed by atoms with Gasteiger partial charge in [-0.2, -0.15) is 0 Å². The minimum Gasteiger partial charge on any atom is -0.357 e. The molecule has 25 heavy (non-hydrogen) atoms. The fourth-order valence-corrected chi connectivity index (χ4v) is 3.77. The number of sulfone groups is 1. The second-order valence-corrected chi connectivity index (χ2v) is 8.70. The first-order valence-electron chi connectivity index (χ1n) is 8.76. The standard InChI is InChI=1S/C18H29N3O2S.HI/c1-3-19-18(21-17-7-5-4-6-8-17)20-13-15-9-11-16(12-10-15)14-24(2,22)23;/h9-12,17H,3-8,13-14H2,1-2H3,(H2,19,20,21);1H. The smallest absolute Gasteiger partial charge is 0.191 e. The van der Waals surface area contributed by atoms with Gasteiger partial charge in [-0.1, -0.05) is 43.5 Å². The van der Waals surface area contributed by atoms with E-state index in [1.807, 2.05) is 24.3 Å². The van der Waals surface area contributed by atoms with Crippen LogP contribution in [0.25, 0.3) is 0 Å². The molecule has 0 bridgehead atoms. The first kappa shape index (κ1) is 22.2. The average Bonchev–Trinajstić information content (AvgIpc) is 2.54. The molecule has 1 aromatic rings. The third-order valence-electron chi connectivity index (χ3n) is 4.16. The summed E-state index contributed by atoms with van der Waals surface area (Å²) in [7, 11) is -2.99. The Labute approximate surface area is 169 Å². The Morgan fingerprint density at radius 1 is 1.12 bits per heavy atom. The topological polar surface area (TPSA) is 70.6 Å². The number of benzene rings is 1. The van der Waals surface area contributed by atoms with E-state index in [1.54, 1.807) is 0 Å². The Kier molecular flexibility index (Phi) is 9.78. The third-order valence-corrected chi connectivity index (χ3v) is 5.02. The summed E-state index contributed by atoms with van der Waals surface area (Å²) in [4.78, 5) is 4.66. The Hall–Kier alpha value is -0.830. The second kappa shape index (κ2) is 11.0. The van der Waals surface area contributed by atoms with E-state index in [0.29, 0.717) is 12.6 Å². The fourth-order valence-electron chi connectivity index (χ4n) is 2.97. The summed E-state index contributed by atoms with van der Waals surface area (Å²) in [5.74, 6) is 0.951. The van der Waals surface area contributed by atoms with Gasteiger partial charge in [0, 0.05) is 18.8 Å². The van der Waals surface area contributed by atoms with E-state index in [0.717, 1.165) is 23.6 Å². The summed E-state index contributed by atoms with van der Waals surface area (Å²) in [5.41, 5.74) is 1.89. The lowest BCUT2D eigenvalue weighted by molar-refractivity contribution is 0.410. The van der Waals surface area contributed by atoms with Crippen LogP contribution in [0.5, 0.6) is 0 Å². The first-order valence-corrected chi connectivity index (χ1v) is 10.8. The summed E-state index contributed by atoms with van der Waals surface area (Å²) < 4.78 is 22.6. The van der Waals surface area contributed by atoms with Crippen molar-refractivity contribution in [3.05, 3.63) is 35.4 Å². The Bertz CT molecular complexity index is 639. The molecule has 142 valence electrons. The maximum atomic E-state index is 11.3. The van der Waals surface area contributed by atoms with Crippen LogP contribution in [0.2, 0.25) is 0 Å². The number of guanidine groups is 1. The molecule has 1 aromatic carbocycles. The van der Waals surface area contributed by atoms with Gasteiger partial charge in [0.15, 0.2) is 15.8 Å². The van der Waals surface area contributed by atoms with Crippen LogP contribution in [-0.2, 0) is 22.1 Å². The number of rotatable bonds is 6. The van der Waals surface area contributed by atoms with E-state index in [1.165, 1.54) is 38.4 Å². The van der Waals surface area contributed by atoms with Crippen LogP contribution in [-0.4, -0.2) is 33.2 Å². The minimum atomic E-state index is -2.99. The van der Waals surface area contributed by atoms with E-state index < -0.39 is 9.84 Å². The summed E-state index contributed by atoms with van der Waals surface area (Å²) in [6.07, 6.45) is 7.60. The zero-order chi connectivity index (χ0) is 17.4. The van der Waals surface area contributed by atoms with Crippen molar-refractivity contribution >= 4 is 39.8 Å². The molecule has 5 nitrogen and oxygen atoms in total. The van der Waals surface area contributed by atoms with E-state index in [4.69, 9.17) is 0 Å². The fraction of sp³-hybridized carbons (Fsp3) is 0.611. The largest absolute Gasteiger partial charge is 0.357 e. The molecule has 2 N–H and O–H groups in total. The Balaban J connectivity index is 0.00000312. The maximum Gasteiger partial charge on any atom is 0.191 e. The lowest BCUT2D eigenvalue weighted by Crippen LogP contribution is -2.44. The van der Waals surface area contributed by atoms with E-state index in [9.17, 15) is 8.42 Å². The molecule has 2 rings (SSSR count). The lowest BCUT2D eigenvalue weighted by atomic mass is 9.96. The summed E-state index contributed by atoms with van der Waals surface area (Å²) in [6.45, 7) is 3.49. The number of nitrogens with one attached hydrogen (secondary N) is 2. The number of hydrogen-bond acceptors (Lipinski definition) is 3. The van der Waals surface area contributed by atoms with Crippen LogP contribution in [0.3, 0.4) is 0 Å². The van der Waals surface area contributed by atoms with Crippen molar-refractivity contribution in [3.63, 3.8) is 0 Å². The predicted molar refractivity (Wildman–Crippen MR) is 115 cm³/mol. The third kappa shape index (κ3) is 8.89. The molecule has 0 radical (unpaired) electrons. The van der Waals surface area contributed by atoms with Crippen LogP contribution in [0, 0.1) is 0 Å². The van der Waals surface area contributed by atoms with Gasteiger partial charge in [0.25, 0.3) is 0 Å². The number of hydrogen-bond donors (Lipinski definition) is 2. The number of halogens is 1. The molecule has 0 aromatic heterocycles. The van der Waals surface area contributed by atoms with Crippen LogP contribution >= 0.6 is 24.0 Å². The lowest BCUT2D eigenvalue weighted by Gasteiger charge is -2.24. The van der Waals surface area contributed by atoms with Crippen molar-refractivity contribution in [3.8, 4) is 0 Å². The van der Waals surface area contributed by atoms with Crippen molar-refractivity contribution in [1.82, 2.24) is 10.6 Å². The molecule has 0 unspecified atom stereocenters. The molecular weight excluding hydrogens is 449 g/mol. The molecule has 1 fully saturated rings. The maximum absolute atomic E-state index is 11.3. The van der Waals surface area contributed by atoms with Crippen molar-refractivity contribution in [2.24, 2.45) is 4.99 Å². The summed E-state index contributed by atoms with van der Waals surface area (Å²) in [6, 6.07) is 8.16. The monoisotopic (exact) mass is 479 g/mol.